The van der Waals surface area contributed by atoms with Crippen LogP contribution < -0.4 is 5.32 Å². The van der Waals surface area contributed by atoms with Crippen LogP contribution in [0.5, 0.6) is 0 Å². The molecule has 0 aromatic rings. The van der Waals surface area contributed by atoms with E-state index in [-0.39, 0.29) is 5.91 Å². The van der Waals surface area contributed by atoms with E-state index in [1.165, 1.54) is 34.4 Å². The Morgan fingerprint density at radius 2 is 1.00 bits per heavy atom. The van der Waals surface area contributed by atoms with Crippen molar-refractivity contribution in [3.63, 3.8) is 0 Å². The lowest BCUT2D eigenvalue weighted by Crippen LogP contribution is -2.28. The van der Waals surface area contributed by atoms with E-state index in [9.17, 15) is 4.79 Å². The van der Waals surface area contributed by atoms with Crippen LogP contribution >= 0.6 is 21.6 Å². The van der Waals surface area contributed by atoms with Crippen LogP contribution in [0.4, 0.5) is 0 Å². The minimum Gasteiger partial charge on any atom is -0.388 e. The minimum atomic E-state index is -0.0182. The largest absolute Gasteiger partial charge is 0.388 e. The number of allylic oxidation sites excluding steroid dienone is 3. The van der Waals surface area contributed by atoms with Crippen LogP contribution in [0.2, 0.25) is 0 Å². The molecule has 0 unspecified atom stereocenters. The number of nitrogens with zero attached hydrogens (tertiary/aromatic N) is 1. The van der Waals surface area contributed by atoms with Crippen LogP contribution in [0.25, 0.3) is 0 Å². The molecule has 1 N–H and O–H groups in total. The average Bonchev–Trinajstić information content (AvgIpc) is 3.46. The van der Waals surface area contributed by atoms with Crippen LogP contribution in [0.1, 0.15) is 94.4 Å². The molecule has 0 bridgehead atoms. The van der Waals surface area contributed by atoms with Gasteiger partial charge in [-0.05, 0) is 42.2 Å². The molecule has 1 aliphatic heterocycles. The van der Waals surface area contributed by atoms with E-state index in [2.05, 4.69) is 49.7 Å². The maximum absolute atomic E-state index is 11.9. The van der Waals surface area contributed by atoms with Crippen LogP contribution in [0.3, 0.4) is 0 Å². The molecular formula is C40H84N2O10S2. The minimum absolute atomic E-state index is 0.0182. The zero-order valence-corrected chi connectivity index (χ0v) is 38.1. The summed E-state index contributed by atoms with van der Waals surface area (Å²) < 4.78 is 47.9. The van der Waals surface area contributed by atoms with E-state index in [0.29, 0.717) is 111 Å². The Balaban J connectivity index is -0.000000541. The summed E-state index contributed by atoms with van der Waals surface area (Å²) in [5.74, 6) is 0.353. The van der Waals surface area contributed by atoms with Gasteiger partial charge in [0.2, 0.25) is 5.91 Å². The van der Waals surface area contributed by atoms with Crippen molar-refractivity contribution in [2.24, 2.45) is 4.99 Å². The smallest absolute Gasteiger partial charge is 0.230 e. The molecule has 1 amide bonds. The number of amides is 1. The van der Waals surface area contributed by atoms with Crippen molar-refractivity contribution in [2.75, 3.05) is 132 Å². The fourth-order valence-corrected chi connectivity index (χ4v) is 4.77. The number of nitrogens with one attached hydrogen (secondary N) is 1. The molecule has 1 rings (SSSR count). The number of methoxy groups -OCH3 is 1. The average molecular weight is 817 g/mol. The fraction of sp³-hybridized carbons (Fsp3) is 0.850. The normalized spacial score (nSPS) is 11.1. The molecule has 1 aliphatic rings. The van der Waals surface area contributed by atoms with E-state index in [1.54, 1.807) is 20.4 Å². The van der Waals surface area contributed by atoms with Crippen LogP contribution in [0, 0.1) is 0 Å². The van der Waals surface area contributed by atoms with E-state index in [4.69, 9.17) is 37.9 Å². The molecule has 0 spiro atoms. The Labute approximate surface area is 340 Å². The van der Waals surface area contributed by atoms with Gasteiger partial charge in [0.15, 0.2) is 0 Å². The summed E-state index contributed by atoms with van der Waals surface area (Å²) >= 11 is 0. The summed E-state index contributed by atoms with van der Waals surface area (Å²) in [4.78, 5) is 16.2. The molecule has 0 atom stereocenters. The second-order valence-corrected chi connectivity index (χ2v) is 12.6. The number of carbonyl (C=O) groups is 1. The number of carbonyl (C=O) groups excluding carboxylic acids is 1. The monoisotopic (exact) mass is 817 g/mol. The standard InChI is InChI=1S/C28H50N2O9S2.2C3H8.C2H6O.2C2H6/c1-2-10-32-14-18-36-19-15-33-11-6-12-34-16-20-37-22-24-39-25-23-38-21-17-35-13-9-29-27(31)26-40-41-28-7-4-3-5-8-30-28;3*1-3-2;2*1-2/h3,5,7-8H,2,4,6,9-26H2,1H3,(H,29,31);2*3H2,1-2H3;1-2H3;2*1-2H3. The molecule has 1 heterocycles. The van der Waals surface area contributed by atoms with Gasteiger partial charge in [0, 0.05) is 46.8 Å². The van der Waals surface area contributed by atoms with Crippen molar-refractivity contribution >= 4 is 33.7 Å². The molecule has 0 aliphatic carbocycles. The van der Waals surface area contributed by atoms with Gasteiger partial charge in [0.1, 0.15) is 5.03 Å². The van der Waals surface area contributed by atoms with Crippen molar-refractivity contribution in [1.82, 2.24) is 5.32 Å². The molecule has 14 heteroatoms. The lowest BCUT2D eigenvalue weighted by molar-refractivity contribution is -0.118. The number of rotatable bonds is 31. The van der Waals surface area contributed by atoms with Crippen molar-refractivity contribution in [2.45, 2.75) is 94.4 Å². The number of hydrogen-bond acceptors (Lipinski definition) is 13. The Kier molecular flexibility index (Phi) is 76.8. The van der Waals surface area contributed by atoms with Gasteiger partial charge < -0.3 is 47.9 Å². The summed E-state index contributed by atoms with van der Waals surface area (Å²) in [6, 6.07) is 0. The first-order chi connectivity index (χ1) is 26.6. The molecule has 326 valence electrons. The molecule has 0 aromatic heterocycles. The number of ether oxygens (including phenoxy) is 9. The molecule has 0 radical (unpaired) electrons. The van der Waals surface area contributed by atoms with Crippen molar-refractivity contribution in [3.05, 3.63) is 23.3 Å². The topological polar surface area (TPSA) is 125 Å². The van der Waals surface area contributed by atoms with Crippen LogP contribution in [-0.4, -0.2) is 144 Å². The molecule has 12 nitrogen and oxygen atoms in total. The molecular weight excluding hydrogens is 733 g/mol. The zero-order chi connectivity index (χ0) is 41.4. The van der Waals surface area contributed by atoms with Gasteiger partial charge in [-0.3, -0.25) is 4.79 Å². The summed E-state index contributed by atoms with van der Waals surface area (Å²) in [6.07, 6.45) is 13.0. The predicted octanol–water partition coefficient (Wildman–Crippen LogP) is 8.44. The first kappa shape index (κ1) is 62.2. The van der Waals surface area contributed by atoms with Crippen molar-refractivity contribution < 1.29 is 47.4 Å². The number of aliphatic imine (C=N–C) groups is 1. The molecule has 0 fully saturated rings. The highest BCUT2D eigenvalue weighted by Crippen LogP contribution is 2.31. The van der Waals surface area contributed by atoms with E-state index in [1.807, 2.05) is 45.9 Å². The Bertz CT molecular complexity index is 732. The third-order valence-electron chi connectivity index (χ3n) is 4.91. The third-order valence-corrected chi connectivity index (χ3v) is 7.07. The Hall–Kier alpha value is -1.04. The van der Waals surface area contributed by atoms with E-state index in [0.717, 1.165) is 30.9 Å². The van der Waals surface area contributed by atoms with E-state index >= 15 is 0 Å². The molecule has 0 saturated heterocycles. The quantitative estimate of drug-likeness (QED) is 0.0534. The Morgan fingerprint density at radius 3 is 1.41 bits per heavy atom. The SMILES string of the molecule is CC.CC.CCC.CCC.CCCOCCOCCOCCCOCCOCCOCCOCCOCCNC(=O)CSSC1=CCC=CC=N1.COC. The van der Waals surface area contributed by atoms with Gasteiger partial charge in [-0.25, -0.2) is 4.99 Å². The van der Waals surface area contributed by atoms with Crippen molar-refractivity contribution in [1.29, 1.82) is 0 Å². The fourth-order valence-electron chi connectivity index (χ4n) is 2.92. The maximum atomic E-state index is 11.9. The van der Waals surface area contributed by atoms with Gasteiger partial charge in [-0.2, -0.15) is 0 Å². The Morgan fingerprint density at radius 1 is 0.630 bits per heavy atom. The van der Waals surface area contributed by atoms with Gasteiger partial charge in [0.05, 0.1) is 91.6 Å². The highest BCUT2D eigenvalue weighted by Gasteiger charge is 2.04. The molecule has 0 saturated carbocycles. The van der Waals surface area contributed by atoms with Crippen molar-refractivity contribution in [3.8, 4) is 0 Å². The molecule has 0 aromatic carbocycles. The highest BCUT2D eigenvalue weighted by atomic mass is 33.1. The van der Waals surface area contributed by atoms with Gasteiger partial charge in [-0.15, -0.1) is 0 Å². The van der Waals surface area contributed by atoms with Crippen LogP contribution in [0.15, 0.2) is 28.2 Å². The second-order valence-electron chi connectivity index (χ2n) is 10.3. The molecule has 54 heavy (non-hydrogen) atoms. The zero-order valence-electron chi connectivity index (χ0n) is 36.4. The summed E-state index contributed by atoms with van der Waals surface area (Å²) in [5.41, 5.74) is 0. The van der Waals surface area contributed by atoms with Crippen LogP contribution in [-0.2, 0) is 47.4 Å². The summed E-state index contributed by atoms with van der Waals surface area (Å²) in [5, 5.41) is 3.76. The summed E-state index contributed by atoms with van der Waals surface area (Å²) in [6.45, 7) is 28.1. The summed E-state index contributed by atoms with van der Waals surface area (Å²) in [7, 11) is 6.23. The van der Waals surface area contributed by atoms with Gasteiger partial charge in [-0.1, -0.05) is 92.0 Å². The maximum Gasteiger partial charge on any atom is 0.230 e. The highest BCUT2D eigenvalue weighted by molar-refractivity contribution is 8.78. The third kappa shape index (κ3) is 68.9. The second kappa shape index (κ2) is 66.8. The lowest BCUT2D eigenvalue weighted by atomic mass is 10.4. The van der Waals surface area contributed by atoms with E-state index < -0.39 is 0 Å². The predicted molar refractivity (Wildman–Crippen MR) is 232 cm³/mol. The lowest BCUT2D eigenvalue weighted by Gasteiger charge is -2.09. The number of hydrogen-bond donors (Lipinski definition) is 1. The van der Waals surface area contributed by atoms with Gasteiger partial charge in [0.25, 0.3) is 0 Å². The first-order valence-corrected chi connectivity index (χ1v) is 22.4. The first-order valence-electron chi connectivity index (χ1n) is 20.0. The van der Waals surface area contributed by atoms with Gasteiger partial charge >= 0.3 is 0 Å².